The van der Waals surface area contributed by atoms with Crippen LogP contribution in [0.4, 0.5) is 9.80 Å². The summed E-state index contributed by atoms with van der Waals surface area (Å²) in [5, 5.41) is 4.88. The lowest BCUT2D eigenvalue weighted by molar-refractivity contribution is -0.113. The monoisotopic (exact) mass is 436 g/mol. The van der Waals surface area contributed by atoms with Crippen molar-refractivity contribution in [1.82, 2.24) is 5.32 Å². The molecule has 1 aliphatic rings. The van der Waals surface area contributed by atoms with Crippen LogP contribution in [-0.4, -0.2) is 39.2 Å². The highest BCUT2D eigenvalue weighted by molar-refractivity contribution is 7.91. The Hall–Kier alpha value is -2.72. The summed E-state index contributed by atoms with van der Waals surface area (Å²) in [5.74, 6) is -2.37. The highest BCUT2D eigenvalue weighted by atomic mass is 32.2. The zero-order valence-electron chi connectivity index (χ0n) is 15.7. The van der Waals surface area contributed by atoms with Gasteiger partial charge in [-0.3, -0.25) is 14.9 Å². The summed E-state index contributed by atoms with van der Waals surface area (Å²) in [4.78, 5) is 37.2. The van der Waals surface area contributed by atoms with E-state index in [1.807, 2.05) is 0 Å². The van der Waals surface area contributed by atoms with Crippen LogP contribution in [0.15, 0.2) is 30.3 Å². The predicted molar refractivity (Wildman–Crippen MR) is 109 cm³/mol. The first-order valence-electron chi connectivity index (χ1n) is 8.87. The first-order chi connectivity index (χ1) is 13.8. The number of hydrogen-bond donors (Lipinski definition) is 2. The minimum atomic E-state index is -3.69. The molecular weight excluding hydrogens is 416 g/mol. The molecule has 0 saturated carbocycles. The molecule has 1 aliphatic carbocycles. The van der Waals surface area contributed by atoms with Crippen LogP contribution in [0.1, 0.15) is 32.8 Å². The molecule has 1 aromatic carbocycles. The molecule has 2 N–H and O–H groups in total. The highest BCUT2D eigenvalue weighted by Gasteiger charge is 2.29. The number of nitrogens with one attached hydrogen (secondary N) is 2. The second-order valence-electron chi connectivity index (χ2n) is 6.57. The third kappa shape index (κ3) is 5.21. The first-order valence-corrected chi connectivity index (χ1v) is 11.5. The molecule has 0 atom stereocenters. The minimum Gasteiger partial charge on any atom is -0.453 e. The summed E-state index contributed by atoms with van der Waals surface area (Å²) in [6.45, 7) is 0. The van der Waals surface area contributed by atoms with E-state index in [-0.39, 0.29) is 16.3 Å². The maximum atomic E-state index is 12.5. The van der Waals surface area contributed by atoms with E-state index in [1.165, 1.54) is 11.3 Å². The minimum absolute atomic E-state index is 0.196. The number of ether oxygens (including phenoxy) is 1. The maximum absolute atomic E-state index is 12.5. The summed E-state index contributed by atoms with van der Waals surface area (Å²) in [6.07, 6.45) is 1.38. The van der Waals surface area contributed by atoms with Crippen LogP contribution < -0.4 is 10.6 Å². The van der Waals surface area contributed by atoms with Gasteiger partial charge >= 0.3 is 6.09 Å². The fraction of sp³-hybridized carbons (Fsp3) is 0.316. The van der Waals surface area contributed by atoms with Crippen molar-refractivity contribution < 1.29 is 27.5 Å². The number of alkyl carbamates (subject to hydrolysis) is 1. The standard InChI is InChI=1S/C19H20N2O6S2/c1-27-19(24)21-17(23)16-13-8-5-9-14(13)28-18(16)20-15(22)11-29(25,26)10-12-6-3-2-4-7-12/h2-4,6-7H,5,8-11H2,1H3,(H,20,22)(H,21,23,24). The van der Waals surface area contributed by atoms with Gasteiger partial charge in [0.2, 0.25) is 5.91 Å². The van der Waals surface area contributed by atoms with Gasteiger partial charge in [0.05, 0.1) is 18.4 Å². The average Bonchev–Trinajstić information content (AvgIpc) is 3.21. The number of aryl methyl sites for hydroxylation is 1. The number of methoxy groups -OCH3 is 1. The quantitative estimate of drug-likeness (QED) is 0.717. The molecule has 3 amide bonds. The number of anilines is 1. The number of carbonyl (C=O) groups excluding carboxylic acids is 3. The molecule has 3 rings (SSSR count). The molecule has 0 bridgehead atoms. The van der Waals surface area contributed by atoms with E-state index in [2.05, 4.69) is 15.4 Å². The Bertz CT molecular complexity index is 1040. The Morgan fingerprint density at radius 2 is 1.86 bits per heavy atom. The molecule has 0 radical (unpaired) electrons. The van der Waals surface area contributed by atoms with Crippen LogP contribution in [0.25, 0.3) is 0 Å². The fourth-order valence-corrected chi connectivity index (χ4v) is 5.76. The third-order valence-corrected chi connectivity index (χ3v) is 7.07. The number of imide groups is 1. The van der Waals surface area contributed by atoms with Crippen molar-refractivity contribution >= 4 is 44.1 Å². The molecule has 29 heavy (non-hydrogen) atoms. The number of thiophene rings is 1. The Kier molecular flexibility index (Phi) is 6.33. The van der Waals surface area contributed by atoms with Crippen LogP contribution in [0, 0.1) is 0 Å². The zero-order chi connectivity index (χ0) is 21.0. The molecule has 0 spiro atoms. The summed E-state index contributed by atoms with van der Waals surface area (Å²) in [5.41, 5.74) is 1.56. The topological polar surface area (TPSA) is 119 Å². The Morgan fingerprint density at radius 1 is 1.14 bits per heavy atom. The van der Waals surface area contributed by atoms with Crippen LogP contribution in [0.3, 0.4) is 0 Å². The third-order valence-electron chi connectivity index (χ3n) is 4.38. The van der Waals surface area contributed by atoms with Crippen molar-refractivity contribution in [3.8, 4) is 0 Å². The van der Waals surface area contributed by atoms with Gasteiger partial charge in [-0.25, -0.2) is 13.2 Å². The summed E-state index contributed by atoms with van der Waals surface area (Å²) < 4.78 is 29.1. The van der Waals surface area contributed by atoms with E-state index < -0.39 is 33.5 Å². The van der Waals surface area contributed by atoms with Gasteiger partial charge in [-0.1, -0.05) is 30.3 Å². The molecule has 0 unspecified atom stereocenters. The molecule has 2 aromatic rings. The molecule has 10 heteroatoms. The van der Waals surface area contributed by atoms with Crippen LogP contribution in [-0.2, 0) is 38.0 Å². The Labute approximate surface area is 172 Å². The van der Waals surface area contributed by atoms with E-state index in [4.69, 9.17) is 0 Å². The molecule has 0 saturated heterocycles. The van der Waals surface area contributed by atoms with Gasteiger partial charge in [-0.05, 0) is 30.4 Å². The number of benzene rings is 1. The number of sulfone groups is 1. The molecule has 154 valence electrons. The normalized spacial score (nSPS) is 12.9. The number of hydrogen-bond acceptors (Lipinski definition) is 7. The van der Waals surface area contributed by atoms with Crippen LogP contribution in [0.5, 0.6) is 0 Å². The number of amides is 3. The first kappa shape index (κ1) is 21.0. The van der Waals surface area contributed by atoms with E-state index in [1.54, 1.807) is 30.3 Å². The van der Waals surface area contributed by atoms with Crippen molar-refractivity contribution in [2.24, 2.45) is 0 Å². The largest absolute Gasteiger partial charge is 0.453 e. The Balaban J connectivity index is 1.75. The van der Waals surface area contributed by atoms with E-state index in [0.717, 1.165) is 30.4 Å². The smallest absolute Gasteiger partial charge is 0.413 e. The second kappa shape index (κ2) is 8.75. The molecular formula is C19H20N2O6S2. The van der Waals surface area contributed by atoms with Crippen LogP contribution in [0.2, 0.25) is 0 Å². The fourth-order valence-electron chi connectivity index (χ4n) is 3.18. The SMILES string of the molecule is COC(=O)NC(=O)c1c(NC(=O)CS(=O)(=O)Cc2ccccc2)sc2c1CCC2. The average molecular weight is 437 g/mol. The lowest BCUT2D eigenvalue weighted by Crippen LogP contribution is -2.31. The van der Waals surface area contributed by atoms with Gasteiger partial charge in [0, 0.05) is 4.88 Å². The van der Waals surface area contributed by atoms with Crippen molar-refractivity contribution in [2.45, 2.75) is 25.0 Å². The van der Waals surface area contributed by atoms with E-state index in [9.17, 15) is 22.8 Å². The number of rotatable bonds is 6. The van der Waals surface area contributed by atoms with Gasteiger partial charge in [0.1, 0.15) is 10.8 Å². The van der Waals surface area contributed by atoms with E-state index >= 15 is 0 Å². The number of fused-ring (bicyclic) bond motifs is 1. The zero-order valence-corrected chi connectivity index (χ0v) is 17.3. The van der Waals surface area contributed by atoms with E-state index in [0.29, 0.717) is 12.0 Å². The van der Waals surface area contributed by atoms with Gasteiger partial charge in [0.15, 0.2) is 9.84 Å². The van der Waals surface area contributed by atoms with Gasteiger partial charge in [-0.2, -0.15) is 0 Å². The summed E-state index contributed by atoms with van der Waals surface area (Å²) >= 11 is 1.23. The highest BCUT2D eigenvalue weighted by Crippen LogP contribution is 2.39. The predicted octanol–water partition coefficient (Wildman–Crippen LogP) is 2.29. The van der Waals surface area contributed by atoms with Crippen molar-refractivity contribution in [3.05, 3.63) is 51.9 Å². The number of carbonyl (C=O) groups is 3. The van der Waals surface area contributed by atoms with Crippen molar-refractivity contribution in [3.63, 3.8) is 0 Å². The molecule has 8 nitrogen and oxygen atoms in total. The molecule has 0 fully saturated rings. The molecule has 1 heterocycles. The van der Waals surface area contributed by atoms with Crippen molar-refractivity contribution in [2.75, 3.05) is 18.2 Å². The van der Waals surface area contributed by atoms with Gasteiger partial charge in [-0.15, -0.1) is 11.3 Å². The Morgan fingerprint density at radius 3 is 2.55 bits per heavy atom. The van der Waals surface area contributed by atoms with Crippen LogP contribution >= 0.6 is 11.3 Å². The lowest BCUT2D eigenvalue weighted by Gasteiger charge is -2.09. The lowest BCUT2D eigenvalue weighted by atomic mass is 10.1. The van der Waals surface area contributed by atoms with Gasteiger partial charge in [0.25, 0.3) is 5.91 Å². The second-order valence-corrected chi connectivity index (χ2v) is 9.74. The molecule has 1 aromatic heterocycles. The maximum Gasteiger partial charge on any atom is 0.413 e. The summed E-state index contributed by atoms with van der Waals surface area (Å²) in [6, 6.07) is 8.58. The van der Waals surface area contributed by atoms with Crippen molar-refractivity contribution in [1.29, 1.82) is 0 Å². The molecule has 0 aliphatic heterocycles. The van der Waals surface area contributed by atoms with Gasteiger partial charge < -0.3 is 10.1 Å². The summed E-state index contributed by atoms with van der Waals surface area (Å²) in [7, 11) is -2.55.